The first kappa shape index (κ1) is 13.4. The fourth-order valence-electron chi connectivity index (χ4n) is 2.30. The fraction of sp³-hybridized carbons (Fsp3) is 0.750. The van der Waals surface area contributed by atoms with Crippen molar-refractivity contribution in [3.05, 3.63) is 5.82 Å². The minimum absolute atomic E-state index is 0.288. The first-order valence-corrected chi connectivity index (χ1v) is 7.40. The maximum Gasteiger partial charge on any atom is 0.230 e. The molecule has 3 N–H and O–H groups in total. The second kappa shape index (κ2) is 6.22. The first-order valence-electron chi connectivity index (χ1n) is 6.52. The summed E-state index contributed by atoms with van der Waals surface area (Å²) in [6.45, 7) is 1.77. The minimum atomic E-state index is -0.336. The third kappa shape index (κ3) is 3.73. The monoisotopic (exact) mass is 268 g/mol. The molecular weight excluding hydrogens is 248 g/mol. The van der Waals surface area contributed by atoms with Crippen LogP contribution in [0, 0.1) is 5.92 Å². The number of carbonyl (C=O) groups excluding carboxylic acids is 1. The maximum absolute atomic E-state index is 10.9. The lowest BCUT2D eigenvalue weighted by Crippen LogP contribution is -2.22. The van der Waals surface area contributed by atoms with Crippen LogP contribution in [0.15, 0.2) is 5.16 Å². The van der Waals surface area contributed by atoms with Gasteiger partial charge in [0.25, 0.3) is 0 Å². The van der Waals surface area contributed by atoms with Crippen LogP contribution in [0.5, 0.6) is 0 Å². The molecule has 0 bridgehead atoms. The van der Waals surface area contributed by atoms with Gasteiger partial charge in [-0.05, 0) is 19.3 Å². The molecule has 1 aliphatic carbocycles. The molecule has 0 radical (unpaired) electrons. The van der Waals surface area contributed by atoms with Crippen LogP contribution in [-0.4, -0.2) is 26.3 Å². The van der Waals surface area contributed by atoms with Crippen molar-refractivity contribution < 1.29 is 4.79 Å². The molecule has 1 saturated carbocycles. The number of amides is 1. The van der Waals surface area contributed by atoms with E-state index in [9.17, 15) is 4.79 Å². The quantitative estimate of drug-likeness (QED) is 0.772. The Morgan fingerprint density at radius 1 is 1.56 bits per heavy atom. The van der Waals surface area contributed by atoms with Gasteiger partial charge >= 0.3 is 0 Å². The smallest absolute Gasteiger partial charge is 0.230 e. The van der Waals surface area contributed by atoms with Crippen LogP contribution in [0.3, 0.4) is 0 Å². The van der Waals surface area contributed by atoms with Crippen molar-refractivity contribution in [3.8, 4) is 0 Å². The Morgan fingerprint density at radius 2 is 2.28 bits per heavy atom. The number of nitrogens with zero attached hydrogens (tertiary/aromatic N) is 2. The van der Waals surface area contributed by atoms with E-state index in [0.29, 0.717) is 5.16 Å². The van der Waals surface area contributed by atoms with Crippen molar-refractivity contribution in [2.45, 2.75) is 55.9 Å². The van der Waals surface area contributed by atoms with Crippen LogP contribution in [0.2, 0.25) is 0 Å². The third-order valence-electron chi connectivity index (χ3n) is 3.46. The fourth-order valence-corrected chi connectivity index (χ4v) is 2.99. The number of thioether (sulfide) groups is 1. The van der Waals surface area contributed by atoms with Gasteiger partial charge in [-0.15, -0.1) is 5.10 Å². The lowest BCUT2D eigenvalue weighted by atomic mass is 10.0. The van der Waals surface area contributed by atoms with E-state index in [1.54, 1.807) is 6.92 Å². The maximum atomic E-state index is 10.9. The number of nitrogens with one attached hydrogen (secondary N) is 1. The number of aromatic amines is 1. The molecule has 100 valence electrons. The zero-order valence-electron chi connectivity index (χ0n) is 10.7. The van der Waals surface area contributed by atoms with E-state index in [1.165, 1.54) is 43.9 Å². The lowest BCUT2D eigenvalue weighted by molar-refractivity contribution is -0.117. The molecule has 1 unspecified atom stereocenters. The third-order valence-corrected chi connectivity index (χ3v) is 4.44. The summed E-state index contributed by atoms with van der Waals surface area (Å²) < 4.78 is 0. The number of aromatic nitrogens is 3. The Balaban J connectivity index is 1.80. The molecule has 2 rings (SSSR count). The van der Waals surface area contributed by atoms with Crippen molar-refractivity contribution in [1.29, 1.82) is 0 Å². The van der Waals surface area contributed by atoms with Crippen molar-refractivity contribution in [2.75, 3.05) is 0 Å². The molecule has 1 heterocycles. The molecule has 1 amide bonds. The molecule has 6 heteroatoms. The normalized spacial score (nSPS) is 18.1. The van der Waals surface area contributed by atoms with Gasteiger partial charge in [-0.2, -0.15) is 0 Å². The second-order valence-corrected chi connectivity index (χ2v) is 6.22. The SMILES string of the molecule is CC(Sc1n[nH]c(CCC2CCCC2)n1)C(N)=O. The van der Waals surface area contributed by atoms with Crippen LogP contribution >= 0.6 is 11.8 Å². The summed E-state index contributed by atoms with van der Waals surface area (Å²) in [6, 6.07) is 0. The summed E-state index contributed by atoms with van der Waals surface area (Å²) in [5.74, 6) is 1.44. The lowest BCUT2D eigenvalue weighted by Gasteiger charge is -2.05. The highest BCUT2D eigenvalue weighted by Gasteiger charge is 2.17. The van der Waals surface area contributed by atoms with Crippen LogP contribution in [0.1, 0.15) is 44.9 Å². The van der Waals surface area contributed by atoms with Gasteiger partial charge in [-0.1, -0.05) is 37.4 Å². The highest BCUT2D eigenvalue weighted by atomic mass is 32.2. The Bertz CT molecular complexity index is 401. The Hall–Kier alpha value is -1.04. The van der Waals surface area contributed by atoms with E-state index in [4.69, 9.17) is 5.73 Å². The molecule has 1 aliphatic rings. The van der Waals surface area contributed by atoms with E-state index in [2.05, 4.69) is 15.2 Å². The zero-order valence-corrected chi connectivity index (χ0v) is 11.5. The molecule has 1 aromatic heterocycles. The number of nitrogens with two attached hydrogens (primary N) is 1. The van der Waals surface area contributed by atoms with E-state index < -0.39 is 0 Å². The molecular formula is C12H20N4OS. The molecule has 1 aromatic rings. The summed E-state index contributed by atoms with van der Waals surface area (Å²) >= 11 is 1.30. The number of hydrogen-bond donors (Lipinski definition) is 2. The van der Waals surface area contributed by atoms with Crippen molar-refractivity contribution >= 4 is 17.7 Å². The summed E-state index contributed by atoms with van der Waals surface area (Å²) in [5, 5.41) is 7.37. The summed E-state index contributed by atoms with van der Waals surface area (Å²) in [4.78, 5) is 15.3. The van der Waals surface area contributed by atoms with Gasteiger partial charge in [0, 0.05) is 6.42 Å². The molecule has 1 fully saturated rings. The summed E-state index contributed by atoms with van der Waals surface area (Å²) in [5.41, 5.74) is 5.21. The Kier molecular flexibility index (Phi) is 4.63. The highest BCUT2D eigenvalue weighted by molar-refractivity contribution is 8.00. The molecule has 0 spiro atoms. The number of hydrogen-bond acceptors (Lipinski definition) is 4. The van der Waals surface area contributed by atoms with Crippen LogP contribution in [-0.2, 0) is 11.2 Å². The summed E-state index contributed by atoms with van der Waals surface area (Å²) in [7, 11) is 0. The summed E-state index contributed by atoms with van der Waals surface area (Å²) in [6.07, 6.45) is 7.59. The number of rotatable bonds is 6. The largest absolute Gasteiger partial charge is 0.369 e. The van der Waals surface area contributed by atoms with E-state index in [-0.39, 0.29) is 11.2 Å². The average Bonchev–Trinajstić information content (AvgIpc) is 2.96. The van der Waals surface area contributed by atoms with Crippen molar-refractivity contribution in [2.24, 2.45) is 11.7 Å². The minimum Gasteiger partial charge on any atom is -0.369 e. The molecule has 1 atom stereocenters. The van der Waals surface area contributed by atoms with E-state index >= 15 is 0 Å². The van der Waals surface area contributed by atoms with E-state index in [0.717, 1.165) is 18.2 Å². The molecule has 0 aliphatic heterocycles. The molecule has 0 aromatic carbocycles. The van der Waals surface area contributed by atoms with Gasteiger partial charge in [0.2, 0.25) is 11.1 Å². The van der Waals surface area contributed by atoms with Crippen molar-refractivity contribution in [1.82, 2.24) is 15.2 Å². The highest BCUT2D eigenvalue weighted by Crippen LogP contribution is 2.28. The molecule has 0 saturated heterocycles. The number of H-pyrrole nitrogens is 1. The Morgan fingerprint density at radius 3 is 2.94 bits per heavy atom. The van der Waals surface area contributed by atoms with Gasteiger partial charge < -0.3 is 5.73 Å². The molecule has 5 nitrogen and oxygen atoms in total. The Labute approximate surface area is 111 Å². The van der Waals surface area contributed by atoms with Crippen LogP contribution < -0.4 is 5.73 Å². The first-order chi connectivity index (χ1) is 8.65. The van der Waals surface area contributed by atoms with Gasteiger partial charge in [-0.3, -0.25) is 9.89 Å². The van der Waals surface area contributed by atoms with E-state index in [1.807, 2.05) is 0 Å². The standard InChI is InChI=1S/C12H20N4OS/c1-8(11(13)17)18-12-14-10(15-16-12)7-6-9-4-2-3-5-9/h8-9H,2-7H2,1H3,(H2,13,17)(H,14,15,16). The predicted molar refractivity (Wildman–Crippen MR) is 71.2 cm³/mol. The van der Waals surface area contributed by atoms with Gasteiger partial charge in [0.05, 0.1) is 5.25 Å². The molecule has 18 heavy (non-hydrogen) atoms. The second-order valence-electron chi connectivity index (χ2n) is 4.92. The van der Waals surface area contributed by atoms with Gasteiger partial charge in [-0.25, -0.2) is 4.98 Å². The predicted octanol–water partition coefficient (Wildman–Crippen LogP) is 1.89. The number of carbonyl (C=O) groups is 1. The van der Waals surface area contributed by atoms with Gasteiger partial charge in [0.15, 0.2) is 0 Å². The average molecular weight is 268 g/mol. The zero-order chi connectivity index (χ0) is 13.0. The number of primary amides is 1. The number of aryl methyl sites for hydroxylation is 1. The van der Waals surface area contributed by atoms with Gasteiger partial charge in [0.1, 0.15) is 5.82 Å². The topological polar surface area (TPSA) is 84.7 Å². The van der Waals surface area contributed by atoms with Crippen LogP contribution in [0.25, 0.3) is 0 Å². The van der Waals surface area contributed by atoms with Crippen LogP contribution in [0.4, 0.5) is 0 Å². The van der Waals surface area contributed by atoms with Crippen molar-refractivity contribution in [3.63, 3.8) is 0 Å².